The molecular formula is C18H22N2O3S. The first-order valence-corrected chi connectivity index (χ1v) is 8.69. The number of carbonyl (C=O) groups excluding carboxylic acids is 2. The molecule has 128 valence electrons. The number of aryl methyl sites for hydroxylation is 1. The lowest BCUT2D eigenvalue weighted by atomic mass is 10.1. The van der Waals surface area contributed by atoms with Crippen molar-refractivity contribution in [3.05, 3.63) is 35.9 Å². The molecule has 0 aliphatic carbocycles. The van der Waals surface area contributed by atoms with Gasteiger partial charge >= 0.3 is 5.97 Å². The molecule has 0 saturated heterocycles. The third-order valence-corrected chi connectivity index (χ3v) is 4.00. The van der Waals surface area contributed by atoms with E-state index in [1.165, 1.54) is 11.8 Å². The van der Waals surface area contributed by atoms with Crippen LogP contribution in [-0.2, 0) is 14.3 Å². The lowest BCUT2D eigenvalue weighted by Gasteiger charge is -2.20. The quantitative estimate of drug-likeness (QED) is 0.665. The molecule has 2 aromatic rings. The molecule has 0 atom stereocenters. The van der Waals surface area contributed by atoms with Gasteiger partial charge < -0.3 is 10.1 Å². The van der Waals surface area contributed by atoms with Crippen LogP contribution in [0.15, 0.2) is 35.4 Å². The zero-order chi connectivity index (χ0) is 17.7. The average molecular weight is 346 g/mol. The molecule has 0 unspecified atom stereocenters. The molecule has 0 spiro atoms. The Kier molecular flexibility index (Phi) is 5.83. The van der Waals surface area contributed by atoms with Crippen LogP contribution in [0.2, 0.25) is 0 Å². The van der Waals surface area contributed by atoms with Gasteiger partial charge in [0.2, 0.25) is 0 Å². The van der Waals surface area contributed by atoms with E-state index in [-0.39, 0.29) is 23.8 Å². The van der Waals surface area contributed by atoms with Crippen LogP contribution in [-0.4, -0.2) is 34.8 Å². The Labute approximate surface area is 146 Å². The van der Waals surface area contributed by atoms with Gasteiger partial charge in [0.05, 0.1) is 16.3 Å². The normalized spacial score (nSPS) is 11.3. The number of hydrogen-bond donors (Lipinski definition) is 1. The van der Waals surface area contributed by atoms with Crippen molar-refractivity contribution >= 4 is 34.5 Å². The average Bonchev–Trinajstić information content (AvgIpc) is 2.49. The molecule has 1 aromatic heterocycles. The second kappa shape index (κ2) is 7.66. The maximum Gasteiger partial charge on any atom is 0.316 e. The van der Waals surface area contributed by atoms with Gasteiger partial charge in [-0.05, 0) is 45.4 Å². The van der Waals surface area contributed by atoms with E-state index >= 15 is 0 Å². The van der Waals surface area contributed by atoms with Gasteiger partial charge in [-0.3, -0.25) is 9.59 Å². The van der Waals surface area contributed by atoms with E-state index in [4.69, 9.17) is 4.74 Å². The number of pyridine rings is 1. The number of rotatable bonds is 5. The van der Waals surface area contributed by atoms with E-state index in [0.717, 1.165) is 21.5 Å². The number of hydrogen-bond acceptors (Lipinski definition) is 5. The molecular weight excluding hydrogens is 324 g/mol. The van der Waals surface area contributed by atoms with E-state index in [0.29, 0.717) is 0 Å². The van der Waals surface area contributed by atoms with Crippen molar-refractivity contribution in [2.75, 3.05) is 12.4 Å². The predicted molar refractivity (Wildman–Crippen MR) is 96.1 cm³/mol. The van der Waals surface area contributed by atoms with Crippen LogP contribution in [0, 0.1) is 6.92 Å². The van der Waals surface area contributed by atoms with Crippen molar-refractivity contribution in [3.63, 3.8) is 0 Å². The van der Waals surface area contributed by atoms with E-state index in [1.54, 1.807) is 0 Å². The minimum atomic E-state index is -0.434. The molecule has 1 aromatic carbocycles. The zero-order valence-corrected chi connectivity index (χ0v) is 15.2. The summed E-state index contributed by atoms with van der Waals surface area (Å²) in [7, 11) is 0. The van der Waals surface area contributed by atoms with E-state index in [1.807, 2.05) is 58.0 Å². The van der Waals surface area contributed by atoms with E-state index < -0.39 is 5.97 Å². The van der Waals surface area contributed by atoms with Gasteiger partial charge in [-0.2, -0.15) is 0 Å². The van der Waals surface area contributed by atoms with E-state index in [9.17, 15) is 9.59 Å². The zero-order valence-electron chi connectivity index (χ0n) is 14.4. The Balaban J connectivity index is 1.87. The Bertz CT molecular complexity index is 754. The first kappa shape index (κ1) is 18.3. The van der Waals surface area contributed by atoms with E-state index in [2.05, 4.69) is 10.3 Å². The molecule has 0 fully saturated rings. The number of ether oxygens (including phenoxy) is 1. The first-order chi connectivity index (χ1) is 11.2. The highest BCUT2D eigenvalue weighted by atomic mass is 32.2. The van der Waals surface area contributed by atoms with Gasteiger partial charge in [-0.1, -0.05) is 30.0 Å². The van der Waals surface area contributed by atoms with Gasteiger partial charge in [0.15, 0.2) is 6.61 Å². The standard InChI is InChI=1S/C18H22N2O3S/c1-12-9-16(19-14-8-6-5-7-13(12)14)24-11-17(22)23-10-15(21)20-18(2,3)4/h5-9H,10-11H2,1-4H3,(H,20,21). The van der Waals surface area contributed by atoms with Crippen LogP contribution in [0.5, 0.6) is 0 Å². The third-order valence-electron chi connectivity index (χ3n) is 3.12. The van der Waals surface area contributed by atoms with Crippen molar-refractivity contribution in [2.45, 2.75) is 38.3 Å². The Morgan fingerprint density at radius 2 is 1.96 bits per heavy atom. The first-order valence-electron chi connectivity index (χ1n) is 7.70. The van der Waals surface area contributed by atoms with Crippen molar-refractivity contribution in [1.82, 2.24) is 10.3 Å². The maximum absolute atomic E-state index is 11.8. The number of thioether (sulfide) groups is 1. The van der Waals surface area contributed by atoms with Gasteiger partial charge in [0, 0.05) is 10.9 Å². The van der Waals surface area contributed by atoms with Gasteiger partial charge in [-0.15, -0.1) is 0 Å². The summed E-state index contributed by atoms with van der Waals surface area (Å²) >= 11 is 1.30. The topological polar surface area (TPSA) is 68.3 Å². The maximum atomic E-state index is 11.8. The highest BCUT2D eigenvalue weighted by Crippen LogP contribution is 2.23. The summed E-state index contributed by atoms with van der Waals surface area (Å²) < 4.78 is 4.99. The van der Waals surface area contributed by atoms with Crippen LogP contribution < -0.4 is 5.32 Å². The summed E-state index contributed by atoms with van der Waals surface area (Å²) in [6, 6.07) is 9.83. The Morgan fingerprint density at radius 3 is 2.67 bits per heavy atom. The van der Waals surface area contributed by atoms with Crippen molar-refractivity contribution in [1.29, 1.82) is 0 Å². The van der Waals surface area contributed by atoms with Gasteiger partial charge in [-0.25, -0.2) is 4.98 Å². The number of benzene rings is 1. The van der Waals surface area contributed by atoms with Crippen LogP contribution in [0.4, 0.5) is 0 Å². The Morgan fingerprint density at radius 1 is 1.25 bits per heavy atom. The van der Waals surface area contributed by atoms with Crippen LogP contribution in [0.3, 0.4) is 0 Å². The fourth-order valence-corrected chi connectivity index (χ4v) is 2.94. The second-order valence-electron chi connectivity index (χ2n) is 6.54. The summed E-state index contributed by atoms with van der Waals surface area (Å²) in [5.41, 5.74) is 1.67. The molecule has 0 bridgehead atoms. The number of fused-ring (bicyclic) bond motifs is 1. The third kappa shape index (κ3) is 5.53. The fraction of sp³-hybridized carbons (Fsp3) is 0.389. The number of amides is 1. The number of esters is 1. The lowest BCUT2D eigenvalue weighted by Crippen LogP contribution is -2.42. The highest BCUT2D eigenvalue weighted by molar-refractivity contribution is 7.99. The summed E-state index contributed by atoms with van der Waals surface area (Å²) in [5.74, 6) is -0.620. The summed E-state index contributed by atoms with van der Waals surface area (Å²) in [6.07, 6.45) is 0. The van der Waals surface area contributed by atoms with Crippen molar-refractivity contribution in [3.8, 4) is 0 Å². The molecule has 0 aliphatic heterocycles. The SMILES string of the molecule is Cc1cc(SCC(=O)OCC(=O)NC(C)(C)C)nc2ccccc12. The minimum absolute atomic E-state index is 0.119. The fourth-order valence-electron chi connectivity index (χ4n) is 2.17. The van der Waals surface area contributed by atoms with Crippen LogP contribution in [0.1, 0.15) is 26.3 Å². The minimum Gasteiger partial charge on any atom is -0.455 e. The van der Waals surface area contributed by atoms with Crippen LogP contribution >= 0.6 is 11.8 Å². The molecule has 0 saturated carbocycles. The smallest absolute Gasteiger partial charge is 0.316 e. The molecule has 0 aliphatic rings. The molecule has 1 N–H and O–H groups in total. The van der Waals surface area contributed by atoms with Crippen molar-refractivity contribution < 1.29 is 14.3 Å². The van der Waals surface area contributed by atoms with Gasteiger partial charge in [0.1, 0.15) is 0 Å². The van der Waals surface area contributed by atoms with Crippen molar-refractivity contribution in [2.24, 2.45) is 0 Å². The summed E-state index contributed by atoms with van der Waals surface area (Å²) in [4.78, 5) is 27.9. The predicted octanol–water partition coefficient (Wildman–Crippen LogP) is 3.09. The number of para-hydroxylation sites is 1. The highest BCUT2D eigenvalue weighted by Gasteiger charge is 2.15. The second-order valence-corrected chi connectivity index (χ2v) is 7.54. The molecule has 2 rings (SSSR count). The monoisotopic (exact) mass is 346 g/mol. The molecule has 1 amide bonds. The molecule has 1 heterocycles. The number of carbonyl (C=O) groups is 2. The molecule has 0 radical (unpaired) electrons. The van der Waals surface area contributed by atoms with Crippen LogP contribution in [0.25, 0.3) is 10.9 Å². The number of nitrogens with zero attached hydrogens (tertiary/aromatic N) is 1. The Hall–Kier alpha value is -2.08. The number of aromatic nitrogens is 1. The molecule has 5 nitrogen and oxygen atoms in total. The van der Waals surface area contributed by atoms with Gasteiger partial charge in [0.25, 0.3) is 5.91 Å². The molecule has 6 heteroatoms. The summed E-state index contributed by atoms with van der Waals surface area (Å²) in [6.45, 7) is 7.37. The summed E-state index contributed by atoms with van der Waals surface area (Å²) in [5, 5.41) is 4.61. The largest absolute Gasteiger partial charge is 0.455 e. The molecule has 24 heavy (non-hydrogen) atoms. The lowest BCUT2D eigenvalue weighted by molar-refractivity contribution is -0.146. The number of nitrogens with one attached hydrogen (secondary N) is 1.